The summed E-state index contributed by atoms with van der Waals surface area (Å²) in [7, 11) is 0. The SMILES string of the molecule is Cc1ccc(F)cc1CC(N)C1COCCO1. The monoisotopic (exact) mass is 239 g/mol. The maximum Gasteiger partial charge on any atom is 0.123 e. The number of aryl methyl sites for hydroxylation is 1. The quantitative estimate of drug-likeness (QED) is 0.867. The van der Waals surface area contributed by atoms with E-state index in [2.05, 4.69) is 0 Å². The van der Waals surface area contributed by atoms with Crippen LogP contribution >= 0.6 is 0 Å². The lowest BCUT2D eigenvalue weighted by Gasteiger charge is -2.28. The molecule has 0 saturated carbocycles. The van der Waals surface area contributed by atoms with Crippen LogP contribution in [0.1, 0.15) is 11.1 Å². The van der Waals surface area contributed by atoms with Crippen molar-refractivity contribution in [1.29, 1.82) is 0 Å². The summed E-state index contributed by atoms with van der Waals surface area (Å²) >= 11 is 0. The second-order valence-electron chi connectivity index (χ2n) is 4.42. The summed E-state index contributed by atoms with van der Waals surface area (Å²) in [5, 5.41) is 0. The molecule has 1 fully saturated rings. The third-order valence-electron chi connectivity index (χ3n) is 3.09. The first-order valence-corrected chi connectivity index (χ1v) is 5.87. The van der Waals surface area contributed by atoms with E-state index >= 15 is 0 Å². The van der Waals surface area contributed by atoms with Crippen LogP contribution in [-0.2, 0) is 15.9 Å². The average molecular weight is 239 g/mol. The van der Waals surface area contributed by atoms with E-state index < -0.39 is 0 Å². The van der Waals surface area contributed by atoms with Crippen LogP contribution in [0.25, 0.3) is 0 Å². The van der Waals surface area contributed by atoms with Gasteiger partial charge in [-0.3, -0.25) is 0 Å². The van der Waals surface area contributed by atoms with Crippen LogP contribution in [0.3, 0.4) is 0 Å². The molecule has 2 atom stereocenters. The Morgan fingerprint density at radius 1 is 1.47 bits per heavy atom. The standard InChI is InChI=1S/C13H18FNO2/c1-9-2-3-11(14)6-10(9)7-12(15)13-8-16-4-5-17-13/h2-3,6,12-13H,4-5,7-8,15H2,1H3. The molecule has 17 heavy (non-hydrogen) atoms. The zero-order valence-corrected chi connectivity index (χ0v) is 9.99. The predicted octanol–water partition coefficient (Wildman–Crippen LogP) is 1.42. The van der Waals surface area contributed by atoms with E-state index in [0.717, 1.165) is 11.1 Å². The Bertz CT molecular complexity index is 378. The van der Waals surface area contributed by atoms with Gasteiger partial charge in [-0.05, 0) is 36.6 Å². The van der Waals surface area contributed by atoms with Crippen molar-refractivity contribution in [2.75, 3.05) is 19.8 Å². The van der Waals surface area contributed by atoms with E-state index in [1.807, 2.05) is 6.92 Å². The molecule has 94 valence electrons. The first-order valence-electron chi connectivity index (χ1n) is 5.87. The van der Waals surface area contributed by atoms with Crippen molar-refractivity contribution >= 4 is 0 Å². The molecule has 0 radical (unpaired) electrons. The third-order valence-corrected chi connectivity index (χ3v) is 3.09. The van der Waals surface area contributed by atoms with Gasteiger partial charge in [0.25, 0.3) is 0 Å². The summed E-state index contributed by atoms with van der Waals surface area (Å²) in [6.45, 7) is 3.69. The van der Waals surface area contributed by atoms with Crippen LogP contribution in [0.15, 0.2) is 18.2 Å². The van der Waals surface area contributed by atoms with Crippen molar-refractivity contribution in [2.24, 2.45) is 5.73 Å². The van der Waals surface area contributed by atoms with Crippen molar-refractivity contribution in [1.82, 2.24) is 0 Å². The molecule has 3 nitrogen and oxygen atoms in total. The Labute approximate surface area is 101 Å². The molecular weight excluding hydrogens is 221 g/mol. The van der Waals surface area contributed by atoms with Gasteiger partial charge in [-0.2, -0.15) is 0 Å². The predicted molar refractivity (Wildman–Crippen MR) is 63.4 cm³/mol. The molecular formula is C13H18FNO2. The number of halogens is 1. The van der Waals surface area contributed by atoms with Gasteiger partial charge in [0.05, 0.1) is 25.9 Å². The van der Waals surface area contributed by atoms with Gasteiger partial charge in [-0.25, -0.2) is 4.39 Å². The summed E-state index contributed by atoms with van der Waals surface area (Å²) in [4.78, 5) is 0. The normalized spacial score (nSPS) is 22.4. The number of rotatable bonds is 3. The number of nitrogens with two attached hydrogens (primary N) is 1. The largest absolute Gasteiger partial charge is 0.376 e. The van der Waals surface area contributed by atoms with Crippen molar-refractivity contribution in [2.45, 2.75) is 25.5 Å². The van der Waals surface area contributed by atoms with Crippen LogP contribution in [-0.4, -0.2) is 32.0 Å². The molecule has 1 aromatic rings. The van der Waals surface area contributed by atoms with Crippen molar-refractivity contribution in [3.05, 3.63) is 35.1 Å². The lowest BCUT2D eigenvalue weighted by molar-refractivity contribution is -0.0967. The van der Waals surface area contributed by atoms with E-state index in [0.29, 0.717) is 26.2 Å². The van der Waals surface area contributed by atoms with Gasteiger partial charge in [0.1, 0.15) is 5.82 Å². The van der Waals surface area contributed by atoms with Crippen LogP contribution in [0.5, 0.6) is 0 Å². The molecule has 1 aromatic carbocycles. The van der Waals surface area contributed by atoms with Crippen LogP contribution < -0.4 is 5.73 Å². The fourth-order valence-corrected chi connectivity index (χ4v) is 2.00. The van der Waals surface area contributed by atoms with E-state index in [1.54, 1.807) is 12.1 Å². The summed E-state index contributed by atoms with van der Waals surface area (Å²) in [6.07, 6.45) is 0.517. The zero-order chi connectivity index (χ0) is 12.3. The average Bonchev–Trinajstić information content (AvgIpc) is 2.35. The molecule has 0 aliphatic carbocycles. The Hall–Kier alpha value is -0.970. The van der Waals surface area contributed by atoms with Crippen LogP contribution in [0, 0.1) is 12.7 Å². The van der Waals surface area contributed by atoms with Gasteiger partial charge in [0.15, 0.2) is 0 Å². The molecule has 0 bridgehead atoms. The Morgan fingerprint density at radius 2 is 2.29 bits per heavy atom. The van der Waals surface area contributed by atoms with E-state index in [1.165, 1.54) is 6.07 Å². The van der Waals surface area contributed by atoms with Gasteiger partial charge >= 0.3 is 0 Å². The Kier molecular flexibility index (Phi) is 4.10. The van der Waals surface area contributed by atoms with Crippen LogP contribution in [0.2, 0.25) is 0 Å². The minimum atomic E-state index is -0.224. The van der Waals surface area contributed by atoms with Gasteiger partial charge < -0.3 is 15.2 Å². The minimum absolute atomic E-state index is 0.0913. The molecule has 2 rings (SSSR count). The van der Waals surface area contributed by atoms with E-state index in [4.69, 9.17) is 15.2 Å². The third kappa shape index (κ3) is 3.25. The maximum atomic E-state index is 13.1. The number of ether oxygens (including phenoxy) is 2. The molecule has 1 aliphatic rings. The highest BCUT2D eigenvalue weighted by Crippen LogP contribution is 2.15. The molecule has 1 heterocycles. The minimum Gasteiger partial charge on any atom is -0.376 e. The highest BCUT2D eigenvalue weighted by atomic mass is 19.1. The Balaban J connectivity index is 2.01. The van der Waals surface area contributed by atoms with Crippen molar-refractivity contribution in [3.8, 4) is 0 Å². The molecule has 2 N–H and O–H groups in total. The van der Waals surface area contributed by atoms with E-state index in [9.17, 15) is 4.39 Å². The van der Waals surface area contributed by atoms with Gasteiger partial charge in [-0.15, -0.1) is 0 Å². The van der Waals surface area contributed by atoms with Gasteiger partial charge in [0, 0.05) is 6.04 Å². The lowest BCUT2D eigenvalue weighted by atomic mass is 9.98. The first kappa shape index (κ1) is 12.5. The zero-order valence-electron chi connectivity index (χ0n) is 9.99. The molecule has 1 aliphatic heterocycles. The fourth-order valence-electron chi connectivity index (χ4n) is 2.00. The van der Waals surface area contributed by atoms with Crippen LogP contribution in [0.4, 0.5) is 4.39 Å². The molecule has 2 unspecified atom stereocenters. The topological polar surface area (TPSA) is 44.5 Å². The number of benzene rings is 1. The van der Waals surface area contributed by atoms with Crippen molar-refractivity contribution in [3.63, 3.8) is 0 Å². The molecule has 0 aromatic heterocycles. The maximum absolute atomic E-state index is 13.1. The summed E-state index contributed by atoms with van der Waals surface area (Å²) in [6, 6.07) is 4.62. The second-order valence-corrected chi connectivity index (χ2v) is 4.42. The smallest absolute Gasteiger partial charge is 0.123 e. The summed E-state index contributed by atoms with van der Waals surface area (Å²) in [5.41, 5.74) is 8.06. The molecule has 0 amide bonds. The highest BCUT2D eigenvalue weighted by Gasteiger charge is 2.22. The second kappa shape index (κ2) is 5.58. The summed E-state index contributed by atoms with van der Waals surface area (Å²) < 4.78 is 24.0. The first-order chi connectivity index (χ1) is 8.16. The summed E-state index contributed by atoms with van der Waals surface area (Å²) in [5.74, 6) is -0.224. The number of hydrogen-bond acceptors (Lipinski definition) is 3. The van der Waals surface area contributed by atoms with E-state index in [-0.39, 0.29) is 18.0 Å². The van der Waals surface area contributed by atoms with Gasteiger partial charge in [0.2, 0.25) is 0 Å². The lowest BCUT2D eigenvalue weighted by Crippen LogP contribution is -2.44. The Morgan fingerprint density at radius 3 is 3.00 bits per heavy atom. The molecule has 1 saturated heterocycles. The number of hydrogen-bond donors (Lipinski definition) is 1. The highest BCUT2D eigenvalue weighted by molar-refractivity contribution is 5.27. The fraction of sp³-hybridized carbons (Fsp3) is 0.538. The van der Waals surface area contributed by atoms with Gasteiger partial charge in [-0.1, -0.05) is 6.07 Å². The molecule has 0 spiro atoms. The molecule has 4 heteroatoms. The van der Waals surface area contributed by atoms with Crippen molar-refractivity contribution < 1.29 is 13.9 Å².